The van der Waals surface area contributed by atoms with Gasteiger partial charge >= 0.3 is 0 Å². The molecule has 0 saturated heterocycles. The number of para-hydroxylation sites is 2. The van der Waals surface area contributed by atoms with Crippen LogP contribution in [0.5, 0.6) is 0 Å². The molecule has 0 saturated carbocycles. The Morgan fingerprint density at radius 3 is 1.47 bits per heavy atom. The molecule has 1 nitrogen and oxygen atoms in total. The second-order valence-corrected chi connectivity index (χ2v) is 21.0. The minimum absolute atomic E-state index is 0.362. The summed E-state index contributed by atoms with van der Waals surface area (Å²) in [6.07, 6.45) is 9.16. The zero-order valence-electron chi connectivity index (χ0n) is 41.3. The summed E-state index contributed by atoms with van der Waals surface area (Å²) in [7, 11) is 0. The predicted molar refractivity (Wildman–Crippen MR) is 316 cm³/mol. The zero-order valence-corrected chi connectivity index (χ0v) is 42.1. The van der Waals surface area contributed by atoms with Crippen LogP contribution in [0.25, 0.3) is 66.8 Å². The average Bonchev–Trinajstić information content (AvgIpc) is 4.04. The van der Waals surface area contributed by atoms with Crippen molar-refractivity contribution in [2.45, 2.75) is 21.5 Å². The van der Waals surface area contributed by atoms with E-state index in [4.69, 9.17) is 0 Å². The normalized spacial score (nSPS) is 15.4. The average molecular weight is 974 g/mol. The number of hydrogen-bond acceptors (Lipinski definition) is 2. The molecule has 2 heteroatoms. The third-order valence-corrected chi connectivity index (χ3v) is 17.2. The van der Waals surface area contributed by atoms with E-state index in [1.54, 1.807) is 0 Å². The van der Waals surface area contributed by atoms with Gasteiger partial charge in [0.2, 0.25) is 0 Å². The molecule has 0 N–H and O–H groups in total. The van der Waals surface area contributed by atoms with Gasteiger partial charge in [0.05, 0.1) is 16.8 Å². The van der Waals surface area contributed by atoms with E-state index in [-0.39, 0.29) is 0 Å². The fourth-order valence-corrected chi connectivity index (χ4v) is 13.9. The summed E-state index contributed by atoms with van der Waals surface area (Å²) in [6.45, 7) is 0. The molecule has 0 aromatic heterocycles. The molecule has 11 aromatic rings. The van der Waals surface area contributed by atoms with Crippen LogP contribution in [0, 0.1) is 0 Å². The van der Waals surface area contributed by atoms with E-state index in [1.165, 1.54) is 88.3 Å². The molecule has 2 unspecified atom stereocenters. The van der Waals surface area contributed by atoms with Crippen LogP contribution >= 0.6 is 11.8 Å². The topological polar surface area (TPSA) is 3.24 Å². The minimum atomic E-state index is -0.479. The number of allylic oxidation sites excluding steroid dienone is 3. The maximum Gasteiger partial charge on any atom is 0.0713 e. The first-order valence-electron chi connectivity index (χ1n) is 26.1. The second kappa shape index (κ2) is 18.8. The van der Waals surface area contributed by atoms with E-state index in [2.05, 4.69) is 302 Å². The summed E-state index contributed by atoms with van der Waals surface area (Å²) in [6, 6.07) is 101. The molecule has 75 heavy (non-hydrogen) atoms. The number of benzene rings is 11. The molecule has 0 radical (unpaired) electrons. The van der Waals surface area contributed by atoms with Gasteiger partial charge in [-0.15, -0.1) is 11.8 Å². The van der Waals surface area contributed by atoms with Gasteiger partial charge in [-0.2, -0.15) is 0 Å². The van der Waals surface area contributed by atoms with Crippen molar-refractivity contribution in [1.29, 1.82) is 0 Å². The van der Waals surface area contributed by atoms with Crippen molar-refractivity contribution in [2.24, 2.45) is 0 Å². The summed E-state index contributed by atoms with van der Waals surface area (Å²) in [5.74, 6) is 0.362. The third kappa shape index (κ3) is 7.47. The van der Waals surface area contributed by atoms with Gasteiger partial charge in [-0.3, -0.25) is 0 Å². The van der Waals surface area contributed by atoms with Crippen LogP contribution in [0.1, 0.15) is 33.7 Å². The molecule has 14 rings (SSSR count). The fourth-order valence-electron chi connectivity index (χ4n) is 12.4. The van der Waals surface area contributed by atoms with Crippen molar-refractivity contribution in [3.63, 3.8) is 0 Å². The van der Waals surface area contributed by atoms with Crippen molar-refractivity contribution in [3.8, 4) is 66.8 Å². The molecule has 0 bridgehead atoms. The molecule has 1 aliphatic heterocycles. The number of thioether (sulfide) groups is 1. The highest BCUT2D eigenvalue weighted by Gasteiger charge is 2.46. The van der Waals surface area contributed by atoms with Gasteiger partial charge in [0, 0.05) is 32.9 Å². The lowest BCUT2D eigenvalue weighted by molar-refractivity contribution is 0.769. The van der Waals surface area contributed by atoms with Gasteiger partial charge in [-0.05, 0) is 114 Å². The molecule has 11 aromatic carbocycles. The van der Waals surface area contributed by atoms with Crippen molar-refractivity contribution in [2.75, 3.05) is 4.90 Å². The van der Waals surface area contributed by atoms with E-state index in [0.717, 1.165) is 28.2 Å². The molecule has 0 spiro atoms. The van der Waals surface area contributed by atoms with Gasteiger partial charge < -0.3 is 4.90 Å². The van der Waals surface area contributed by atoms with Crippen LogP contribution in [0.3, 0.4) is 0 Å². The molecule has 0 fully saturated rings. The summed E-state index contributed by atoms with van der Waals surface area (Å²) < 4.78 is 0. The summed E-state index contributed by atoms with van der Waals surface area (Å²) in [5, 5.41) is 0.386. The van der Waals surface area contributed by atoms with Crippen molar-refractivity contribution in [3.05, 3.63) is 325 Å². The number of rotatable bonds is 10. The predicted octanol–water partition coefficient (Wildman–Crippen LogP) is 19.5. The highest BCUT2D eigenvalue weighted by atomic mass is 32.2. The highest BCUT2D eigenvalue weighted by molar-refractivity contribution is 8.00. The maximum atomic E-state index is 2.51. The SMILES string of the molecule is C1=CC2Sc3c(-c4ccccc4N(c4ccc(-c5ccc6c(c5)C(c5ccccc5)(c5ccccc5)c5ccccc5-6)cc4)c4ccccc4-c4ccccc4-c4ccccc4-c4ccccc4)cccc3C2C=C1. The summed E-state index contributed by atoms with van der Waals surface area (Å²) >= 11 is 2.00. The molecule has 1 heterocycles. The number of hydrogen-bond donors (Lipinski definition) is 0. The van der Waals surface area contributed by atoms with Crippen LogP contribution in [0.4, 0.5) is 17.1 Å². The van der Waals surface area contributed by atoms with Gasteiger partial charge in [0.15, 0.2) is 0 Å². The molecule has 2 aliphatic carbocycles. The van der Waals surface area contributed by atoms with E-state index < -0.39 is 5.41 Å². The number of anilines is 3. The molecule has 354 valence electrons. The highest BCUT2D eigenvalue weighted by Crippen LogP contribution is 2.58. The molecule has 3 aliphatic rings. The van der Waals surface area contributed by atoms with Gasteiger partial charge in [-0.1, -0.05) is 267 Å². The Balaban J connectivity index is 0.946. The standard InChI is InChI=1S/C73H51NS/c1-4-23-51(24-5-1)56-29-10-11-30-57(56)58-31-12-13-32-59(58)62-34-15-19-40-69(62)74(70-41-20-16-35-63(70)65-37-22-38-66-64-36-17-21-42-71(64)75-72(65)66)55-46-43-50(44-47-55)52-45-48-61-60-33-14-18-39-67(60)73(68(61)49-52,53-25-6-2-7-26-53)54-27-8-3-9-28-54/h1-49,64,71H. The van der Waals surface area contributed by atoms with E-state index in [1.807, 2.05) is 11.8 Å². The quantitative estimate of drug-likeness (QED) is 0.134. The smallest absolute Gasteiger partial charge is 0.0713 e. The maximum absolute atomic E-state index is 2.51. The van der Waals surface area contributed by atoms with E-state index >= 15 is 0 Å². The second-order valence-electron chi connectivity index (χ2n) is 19.8. The molecular formula is C73H51NS. The van der Waals surface area contributed by atoms with Crippen LogP contribution in [-0.2, 0) is 5.41 Å². The lowest BCUT2D eigenvalue weighted by Gasteiger charge is -2.34. The Bertz CT molecular complexity index is 3940. The largest absolute Gasteiger partial charge is 0.309 e. The number of nitrogens with zero attached hydrogens (tertiary/aromatic N) is 1. The lowest BCUT2D eigenvalue weighted by Crippen LogP contribution is -2.28. The monoisotopic (exact) mass is 973 g/mol. The fraction of sp³-hybridized carbons (Fsp3) is 0.0411. The van der Waals surface area contributed by atoms with Crippen LogP contribution in [-0.4, -0.2) is 5.25 Å². The van der Waals surface area contributed by atoms with Crippen LogP contribution in [0.15, 0.2) is 302 Å². The summed E-state index contributed by atoms with van der Waals surface area (Å²) in [4.78, 5) is 3.87. The Labute approximate surface area is 444 Å². The molecule has 0 amide bonds. The lowest BCUT2D eigenvalue weighted by atomic mass is 9.67. The zero-order chi connectivity index (χ0) is 49.7. The van der Waals surface area contributed by atoms with Crippen molar-refractivity contribution >= 4 is 28.8 Å². The molecule has 2 atom stereocenters. The first-order chi connectivity index (χ1) is 37.2. The minimum Gasteiger partial charge on any atom is -0.309 e. The van der Waals surface area contributed by atoms with Gasteiger partial charge in [0.25, 0.3) is 0 Å². The Morgan fingerprint density at radius 2 is 0.800 bits per heavy atom. The Morgan fingerprint density at radius 1 is 0.320 bits per heavy atom. The first kappa shape index (κ1) is 44.7. The third-order valence-electron chi connectivity index (χ3n) is 15.8. The number of fused-ring (bicyclic) bond motifs is 6. The Kier molecular flexibility index (Phi) is 11.2. The summed E-state index contributed by atoms with van der Waals surface area (Å²) in [5.41, 5.74) is 23.9. The van der Waals surface area contributed by atoms with Gasteiger partial charge in [-0.25, -0.2) is 0 Å². The van der Waals surface area contributed by atoms with Crippen LogP contribution in [0.2, 0.25) is 0 Å². The van der Waals surface area contributed by atoms with Crippen molar-refractivity contribution in [1.82, 2.24) is 0 Å². The van der Waals surface area contributed by atoms with E-state index in [9.17, 15) is 0 Å². The first-order valence-corrected chi connectivity index (χ1v) is 27.0. The Hall–Kier alpha value is -8.95. The van der Waals surface area contributed by atoms with E-state index in [0.29, 0.717) is 11.2 Å². The van der Waals surface area contributed by atoms with Crippen LogP contribution < -0.4 is 4.90 Å². The molecular weight excluding hydrogens is 923 g/mol. The van der Waals surface area contributed by atoms with Gasteiger partial charge in [0.1, 0.15) is 0 Å². The van der Waals surface area contributed by atoms with Crippen molar-refractivity contribution < 1.29 is 0 Å².